The second-order valence-electron chi connectivity index (χ2n) is 8.84. The molecular weight excluding hydrogens is 400 g/mol. The summed E-state index contributed by atoms with van der Waals surface area (Å²) in [6, 6.07) is 16.7. The van der Waals surface area contributed by atoms with Crippen LogP contribution in [0.15, 0.2) is 54.7 Å². The highest BCUT2D eigenvalue weighted by molar-refractivity contribution is 5.80. The number of hydrogen-bond acceptors (Lipinski definition) is 5. The highest BCUT2D eigenvalue weighted by Crippen LogP contribution is 2.34. The molecule has 0 bridgehead atoms. The van der Waals surface area contributed by atoms with Crippen LogP contribution in [0, 0.1) is 0 Å². The van der Waals surface area contributed by atoms with Crippen molar-refractivity contribution in [3.63, 3.8) is 0 Å². The van der Waals surface area contributed by atoms with Crippen LogP contribution in [0.5, 0.6) is 5.88 Å². The molecule has 32 heavy (non-hydrogen) atoms. The Morgan fingerprint density at radius 3 is 2.50 bits per heavy atom. The fourth-order valence-corrected chi connectivity index (χ4v) is 4.91. The zero-order chi connectivity index (χ0) is 21.9. The number of ether oxygens (including phenoxy) is 1. The Bertz CT molecular complexity index is 1090. The number of pyridine rings is 2. The molecule has 0 unspecified atom stereocenters. The topological polar surface area (TPSA) is 58.6 Å². The van der Waals surface area contributed by atoms with E-state index in [1.807, 2.05) is 29.3 Å². The number of benzene rings is 1. The van der Waals surface area contributed by atoms with Gasteiger partial charge in [0.25, 0.3) is 0 Å². The molecule has 0 radical (unpaired) electrons. The number of aromatic nitrogens is 2. The van der Waals surface area contributed by atoms with Crippen molar-refractivity contribution in [1.29, 1.82) is 0 Å². The molecular formula is C26H30N4O2. The van der Waals surface area contributed by atoms with Gasteiger partial charge in [-0.2, -0.15) is 0 Å². The molecule has 6 heteroatoms. The maximum Gasteiger partial charge on any atom is 0.219 e. The lowest BCUT2D eigenvalue weighted by molar-refractivity contribution is -0.129. The highest BCUT2D eigenvalue weighted by atomic mass is 16.5. The van der Waals surface area contributed by atoms with E-state index in [0.717, 1.165) is 69.1 Å². The summed E-state index contributed by atoms with van der Waals surface area (Å²) in [5.74, 6) is 2.38. The van der Waals surface area contributed by atoms with Crippen molar-refractivity contribution in [3.05, 3.63) is 60.3 Å². The third kappa shape index (κ3) is 4.40. The Balaban J connectivity index is 1.21. The summed E-state index contributed by atoms with van der Waals surface area (Å²) in [6.07, 6.45) is 5.82. The summed E-state index contributed by atoms with van der Waals surface area (Å²) >= 11 is 0. The van der Waals surface area contributed by atoms with Gasteiger partial charge in [0.2, 0.25) is 11.8 Å². The second kappa shape index (κ2) is 9.15. The lowest BCUT2D eigenvalue weighted by atomic mass is 9.90. The number of carbonyl (C=O) groups excluding carboxylic acids is 1. The molecule has 2 fully saturated rings. The number of likely N-dealkylation sites (tertiary alicyclic amines) is 1. The average molecular weight is 431 g/mol. The fraction of sp³-hybridized carbons (Fsp3) is 0.423. The zero-order valence-electron chi connectivity index (χ0n) is 18.6. The van der Waals surface area contributed by atoms with Gasteiger partial charge in [-0.25, -0.2) is 9.97 Å². The van der Waals surface area contributed by atoms with Gasteiger partial charge in [-0.3, -0.25) is 4.79 Å². The van der Waals surface area contributed by atoms with E-state index in [1.54, 1.807) is 6.92 Å². The van der Waals surface area contributed by atoms with Crippen molar-refractivity contribution in [2.24, 2.45) is 0 Å². The quantitative estimate of drug-likeness (QED) is 0.614. The van der Waals surface area contributed by atoms with Gasteiger partial charge in [-0.15, -0.1) is 0 Å². The minimum Gasteiger partial charge on any atom is -0.474 e. The molecule has 4 heterocycles. The molecule has 0 atom stereocenters. The molecule has 166 valence electrons. The number of anilines is 1. The van der Waals surface area contributed by atoms with Crippen LogP contribution >= 0.6 is 0 Å². The maximum absolute atomic E-state index is 11.6. The van der Waals surface area contributed by atoms with Gasteiger partial charge in [0.1, 0.15) is 11.9 Å². The van der Waals surface area contributed by atoms with Crippen LogP contribution < -0.4 is 9.64 Å². The normalized spacial score (nSPS) is 18.2. The molecule has 6 nitrogen and oxygen atoms in total. The monoisotopic (exact) mass is 430 g/mol. The van der Waals surface area contributed by atoms with Crippen LogP contribution in [-0.4, -0.2) is 53.1 Å². The number of amides is 1. The van der Waals surface area contributed by atoms with Gasteiger partial charge < -0.3 is 14.5 Å². The third-order valence-electron chi connectivity index (χ3n) is 6.81. The molecule has 0 aliphatic carbocycles. The Kier molecular flexibility index (Phi) is 5.93. The standard InChI is InChI=1S/C26H30N4O2/c1-19(31)29-15-10-20(11-16-29)23-6-4-14-27-26(23)32-22-12-17-30(18-13-22)25-9-8-21-5-2-3-7-24(21)28-25/h2-9,14,20,22H,10-13,15-18H2,1H3. The van der Waals surface area contributed by atoms with Crippen molar-refractivity contribution in [2.75, 3.05) is 31.1 Å². The molecule has 3 aromatic rings. The van der Waals surface area contributed by atoms with E-state index in [0.29, 0.717) is 5.92 Å². The lowest BCUT2D eigenvalue weighted by Crippen LogP contribution is -2.39. The minimum atomic E-state index is 0.165. The maximum atomic E-state index is 11.6. The van der Waals surface area contributed by atoms with Crippen LogP contribution in [0.25, 0.3) is 10.9 Å². The van der Waals surface area contributed by atoms with Gasteiger partial charge in [0, 0.05) is 63.1 Å². The number of nitrogens with zero attached hydrogens (tertiary/aromatic N) is 4. The van der Waals surface area contributed by atoms with Gasteiger partial charge in [0.15, 0.2) is 0 Å². The SMILES string of the molecule is CC(=O)N1CCC(c2cccnc2OC2CCN(c3ccc4ccccc4n3)CC2)CC1. The predicted octanol–water partition coefficient (Wildman–Crippen LogP) is 4.40. The van der Waals surface area contributed by atoms with Crippen LogP contribution in [0.2, 0.25) is 0 Å². The molecule has 2 saturated heterocycles. The van der Waals surface area contributed by atoms with E-state index >= 15 is 0 Å². The first kappa shape index (κ1) is 20.7. The van der Waals surface area contributed by atoms with E-state index in [-0.39, 0.29) is 12.0 Å². The number of rotatable bonds is 4. The van der Waals surface area contributed by atoms with Crippen molar-refractivity contribution in [3.8, 4) is 5.88 Å². The number of carbonyl (C=O) groups is 1. The van der Waals surface area contributed by atoms with Gasteiger partial charge in [-0.1, -0.05) is 24.3 Å². The Hall–Kier alpha value is -3.15. The molecule has 1 amide bonds. The van der Waals surface area contributed by atoms with Crippen molar-refractivity contribution in [2.45, 2.75) is 44.6 Å². The van der Waals surface area contributed by atoms with E-state index in [1.165, 1.54) is 10.9 Å². The van der Waals surface area contributed by atoms with Crippen molar-refractivity contribution in [1.82, 2.24) is 14.9 Å². The Morgan fingerprint density at radius 1 is 0.938 bits per heavy atom. The van der Waals surface area contributed by atoms with Crippen LogP contribution in [-0.2, 0) is 4.79 Å². The Labute approximate surface area is 189 Å². The summed E-state index contributed by atoms with van der Waals surface area (Å²) in [5.41, 5.74) is 2.23. The number of hydrogen-bond donors (Lipinski definition) is 0. The van der Waals surface area contributed by atoms with Crippen LogP contribution in [0.4, 0.5) is 5.82 Å². The average Bonchev–Trinajstić information content (AvgIpc) is 2.85. The van der Waals surface area contributed by atoms with E-state index in [4.69, 9.17) is 9.72 Å². The van der Waals surface area contributed by atoms with Gasteiger partial charge in [0.05, 0.1) is 5.52 Å². The van der Waals surface area contributed by atoms with Gasteiger partial charge in [-0.05, 0) is 43.0 Å². The largest absolute Gasteiger partial charge is 0.474 e. The molecule has 0 saturated carbocycles. The minimum absolute atomic E-state index is 0.165. The Morgan fingerprint density at radius 2 is 1.72 bits per heavy atom. The van der Waals surface area contributed by atoms with Crippen LogP contribution in [0.1, 0.15) is 44.1 Å². The first-order valence-electron chi connectivity index (χ1n) is 11.7. The molecule has 1 aromatic carbocycles. The summed E-state index contributed by atoms with van der Waals surface area (Å²) in [6.45, 7) is 5.13. The summed E-state index contributed by atoms with van der Waals surface area (Å²) in [7, 11) is 0. The van der Waals surface area contributed by atoms with Crippen LogP contribution in [0.3, 0.4) is 0 Å². The molecule has 2 aliphatic heterocycles. The number of fused-ring (bicyclic) bond motifs is 1. The molecule has 0 spiro atoms. The molecule has 2 aromatic heterocycles. The first-order valence-corrected chi connectivity index (χ1v) is 11.7. The van der Waals surface area contributed by atoms with E-state index < -0.39 is 0 Å². The lowest BCUT2D eigenvalue weighted by Gasteiger charge is -2.34. The summed E-state index contributed by atoms with van der Waals surface area (Å²) in [5, 5.41) is 1.17. The fourth-order valence-electron chi connectivity index (χ4n) is 4.91. The van der Waals surface area contributed by atoms with Crippen molar-refractivity contribution >= 4 is 22.6 Å². The number of piperidine rings is 2. The summed E-state index contributed by atoms with van der Waals surface area (Å²) < 4.78 is 6.43. The zero-order valence-corrected chi connectivity index (χ0v) is 18.6. The number of para-hydroxylation sites is 1. The highest BCUT2D eigenvalue weighted by Gasteiger charge is 2.27. The third-order valence-corrected chi connectivity index (χ3v) is 6.81. The predicted molar refractivity (Wildman–Crippen MR) is 126 cm³/mol. The molecule has 2 aliphatic rings. The van der Waals surface area contributed by atoms with Gasteiger partial charge >= 0.3 is 0 Å². The van der Waals surface area contributed by atoms with E-state index in [9.17, 15) is 4.79 Å². The van der Waals surface area contributed by atoms with Crippen molar-refractivity contribution < 1.29 is 9.53 Å². The first-order chi connectivity index (χ1) is 15.7. The second-order valence-corrected chi connectivity index (χ2v) is 8.84. The van der Waals surface area contributed by atoms with E-state index in [2.05, 4.69) is 40.2 Å². The smallest absolute Gasteiger partial charge is 0.219 e. The molecule has 5 rings (SSSR count). The summed E-state index contributed by atoms with van der Waals surface area (Å²) in [4.78, 5) is 25.4. The molecule has 0 N–H and O–H groups in total.